The lowest BCUT2D eigenvalue weighted by atomic mass is 9.86. The van der Waals surface area contributed by atoms with Gasteiger partial charge < -0.3 is 24.2 Å². The number of H-pyrrole nitrogens is 2. The molecule has 0 amide bonds. The van der Waals surface area contributed by atoms with E-state index >= 15 is 0 Å². The number of carbonyl (C=O) groups is 3. The predicted molar refractivity (Wildman–Crippen MR) is 180 cm³/mol. The van der Waals surface area contributed by atoms with E-state index in [2.05, 4.69) is 9.97 Å². The van der Waals surface area contributed by atoms with Crippen LogP contribution in [0.5, 0.6) is 0 Å². The second-order valence-electron chi connectivity index (χ2n) is 11.4. The highest BCUT2D eigenvalue weighted by Crippen LogP contribution is 2.39. The highest BCUT2D eigenvalue weighted by molar-refractivity contribution is 5.91. The second-order valence-corrected chi connectivity index (χ2v) is 11.4. The summed E-state index contributed by atoms with van der Waals surface area (Å²) in [7, 11) is 1.35. The van der Waals surface area contributed by atoms with E-state index < -0.39 is 23.8 Å². The lowest BCUT2D eigenvalue weighted by Crippen LogP contribution is -2.12. The zero-order valence-electron chi connectivity index (χ0n) is 27.4. The SMILES string of the molecule is CCc1c(C(c2ccc(C(=O)OC)cc2)c2[nH]c(C(=O)OCc3ccccc3)c(C)c2CC)[nH]c(C(=O)OCc2ccccc2)c1C. The van der Waals surface area contributed by atoms with Crippen LogP contribution in [0.25, 0.3) is 0 Å². The van der Waals surface area contributed by atoms with Crippen LogP contribution in [0.3, 0.4) is 0 Å². The molecule has 8 heteroatoms. The Balaban J connectivity index is 1.58. The number of aromatic nitrogens is 2. The largest absolute Gasteiger partial charge is 0.465 e. The Morgan fingerprint density at radius 3 is 1.43 bits per heavy atom. The average molecular weight is 633 g/mol. The third kappa shape index (κ3) is 7.07. The van der Waals surface area contributed by atoms with Crippen LogP contribution >= 0.6 is 0 Å². The number of aromatic amines is 2. The highest BCUT2D eigenvalue weighted by atomic mass is 16.5. The van der Waals surface area contributed by atoms with Crippen LogP contribution in [0.2, 0.25) is 0 Å². The Morgan fingerprint density at radius 2 is 1.04 bits per heavy atom. The van der Waals surface area contributed by atoms with E-state index in [1.165, 1.54) is 7.11 Å². The zero-order valence-corrected chi connectivity index (χ0v) is 27.4. The number of hydrogen-bond acceptors (Lipinski definition) is 6. The molecule has 0 spiro atoms. The maximum atomic E-state index is 13.5. The first-order valence-electron chi connectivity index (χ1n) is 15.8. The molecule has 0 atom stereocenters. The fraction of sp³-hybridized carbons (Fsp3) is 0.256. The van der Waals surface area contributed by atoms with Gasteiger partial charge in [0.05, 0.1) is 18.6 Å². The Hall–Kier alpha value is -5.37. The minimum Gasteiger partial charge on any atom is -0.465 e. The van der Waals surface area contributed by atoms with Crippen molar-refractivity contribution in [3.05, 3.63) is 152 Å². The number of benzene rings is 3. The summed E-state index contributed by atoms with van der Waals surface area (Å²) in [6.45, 7) is 8.23. The normalized spacial score (nSPS) is 11.0. The quantitative estimate of drug-likeness (QED) is 0.107. The second kappa shape index (κ2) is 14.8. The van der Waals surface area contributed by atoms with E-state index in [1.807, 2.05) is 100 Å². The zero-order chi connectivity index (χ0) is 33.5. The number of rotatable bonds is 12. The minimum atomic E-state index is -0.448. The van der Waals surface area contributed by atoms with Crippen LogP contribution in [-0.2, 0) is 40.3 Å². The molecule has 0 saturated heterocycles. The van der Waals surface area contributed by atoms with Crippen LogP contribution in [0.1, 0.15) is 101 Å². The molecule has 8 nitrogen and oxygen atoms in total. The van der Waals surface area contributed by atoms with E-state index in [9.17, 15) is 14.4 Å². The molecule has 0 bridgehead atoms. The Kier molecular flexibility index (Phi) is 10.4. The van der Waals surface area contributed by atoms with Crippen molar-refractivity contribution < 1.29 is 28.6 Å². The fourth-order valence-electron chi connectivity index (χ4n) is 6.12. The summed E-state index contributed by atoms with van der Waals surface area (Å²) in [4.78, 5) is 46.1. The molecule has 47 heavy (non-hydrogen) atoms. The number of hydrogen-bond donors (Lipinski definition) is 2. The molecule has 2 aromatic heterocycles. The van der Waals surface area contributed by atoms with Gasteiger partial charge in [0.1, 0.15) is 24.6 Å². The van der Waals surface area contributed by atoms with E-state index in [0.717, 1.165) is 50.3 Å². The summed E-state index contributed by atoms with van der Waals surface area (Å²) < 4.78 is 16.4. The van der Waals surface area contributed by atoms with E-state index in [-0.39, 0.29) is 13.2 Å². The van der Waals surface area contributed by atoms with Crippen LogP contribution in [0, 0.1) is 13.8 Å². The van der Waals surface area contributed by atoms with Crippen LogP contribution in [0.4, 0.5) is 0 Å². The number of methoxy groups -OCH3 is 1. The first kappa shape index (κ1) is 33.0. The predicted octanol–water partition coefficient (Wildman–Crippen LogP) is 7.77. The standard InChI is InChI=1S/C39H40N2O6/c1-6-30-24(3)33(38(43)46-22-26-14-10-8-11-15-26)40-35(30)32(28-18-20-29(21-19-28)37(42)45-5)36-31(7-2)25(4)34(41-36)39(44)47-23-27-16-12-9-13-17-27/h8-21,32,40-41H,6-7,22-23H2,1-5H3. The minimum absolute atomic E-state index is 0.150. The van der Waals surface area contributed by atoms with Gasteiger partial charge in [-0.25, -0.2) is 14.4 Å². The number of esters is 3. The monoisotopic (exact) mass is 632 g/mol. The van der Waals surface area contributed by atoms with E-state index in [1.54, 1.807) is 12.1 Å². The summed E-state index contributed by atoms with van der Waals surface area (Å²) in [5, 5.41) is 0. The van der Waals surface area contributed by atoms with Crippen LogP contribution < -0.4 is 0 Å². The van der Waals surface area contributed by atoms with Crippen LogP contribution in [0.15, 0.2) is 84.9 Å². The summed E-state index contributed by atoms with van der Waals surface area (Å²) in [5.74, 6) is -1.77. The molecule has 2 heterocycles. The fourth-order valence-corrected chi connectivity index (χ4v) is 6.12. The van der Waals surface area contributed by atoms with Gasteiger partial charge in [-0.3, -0.25) is 0 Å². The molecule has 0 unspecified atom stereocenters. The van der Waals surface area contributed by atoms with Crippen molar-refractivity contribution in [1.82, 2.24) is 9.97 Å². The van der Waals surface area contributed by atoms with Gasteiger partial charge in [-0.2, -0.15) is 0 Å². The van der Waals surface area contributed by atoms with E-state index in [0.29, 0.717) is 29.8 Å². The number of ether oxygens (including phenoxy) is 3. The van der Waals surface area contributed by atoms with Gasteiger partial charge in [0.15, 0.2) is 0 Å². The maximum Gasteiger partial charge on any atom is 0.355 e. The molecule has 0 saturated carbocycles. The third-order valence-corrected chi connectivity index (χ3v) is 8.61. The van der Waals surface area contributed by atoms with Crippen molar-refractivity contribution in [2.24, 2.45) is 0 Å². The molecule has 0 fully saturated rings. The Bertz CT molecular complexity index is 1750. The lowest BCUT2D eigenvalue weighted by Gasteiger charge is -2.20. The molecule has 2 N–H and O–H groups in total. The number of carbonyl (C=O) groups excluding carboxylic acids is 3. The number of nitrogens with one attached hydrogen (secondary N) is 2. The van der Waals surface area contributed by atoms with Crippen molar-refractivity contribution in [1.29, 1.82) is 0 Å². The van der Waals surface area contributed by atoms with Gasteiger partial charge >= 0.3 is 17.9 Å². The van der Waals surface area contributed by atoms with Crippen molar-refractivity contribution in [2.75, 3.05) is 7.11 Å². The van der Waals surface area contributed by atoms with Crippen LogP contribution in [-0.4, -0.2) is 35.0 Å². The Labute approximate surface area is 275 Å². The highest BCUT2D eigenvalue weighted by Gasteiger charge is 2.32. The molecule has 3 aromatic carbocycles. The van der Waals surface area contributed by atoms with Crippen molar-refractivity contribution in [3.8, 4) is 0 Å². The summed E-state index contributed by atoms with van der Waals surface area (Å²) in [5.41, 5.74) is 9.01. The molecule has 0 radical (unpaired) electrons. The molecular weight excluding hydrogens is 592 g/mol. The van der Waals surface area contributed by atoms with Gasteiger partial charge in [0.25, 0.3) is 0 Å². The van der Waals surface area contributed by atoms with Gasteiger partial charge in [0, 0.05) is 11.4 Å². The Morgan fingerprint density at radius 1 is 0.617 bits per heavy atom. The lowest BCUT2D eigenvalue weighted by molar-refractivity contribution is 0.0457. The molecule has 0 aliphatic rings. The van der Waals surface area contributed by atoms with Crippen molar-refractivity contribution in [2.45, 2.75) is 59.7 Å². The molecular formula is C39H40N2O6. The molecule has 0 aliphatic heterocycles. The summed E-state index contributed by atoms with van der Waals surface area (Å²) >= 11 is 0. The van der Waals surface area contributed by atoms with Gasteiger partial charge in [-0.1, -0.05) is 86.6 Å². The van der Waals surface area contributed by atoms with Gasteiger partial charge in [-0.05, 0) is 77.8 Å². The van der Waals surface area contributed by atoms with E-state index in [4.69, 9.17) is 14.2 Å². The summed E-state index contributed by atoms with van der Waals surface area (Å²) in [6.07, 6.45) is 1.29. The van der Waals surface area contributed by atoms with Gasteiger partial charge in [-0.15, -0.1) is 0 Å². The first-order valence-corrected chi connectivity index (χ1v) is 15.8. The molecule has 5 rings (SSSR count). The first-order chi connectivity index (χ1) is 22.8. The summed E-state index contributed by atoms with van der Waals surface area (Å²) in [6, 6.07) is 26.3. The van der Waals surface area contributed by atoms with Crippen molar-refractivity contribution >= 4 is 17.9 Å². The molecule has 5 aromatic rings. The molecule has 0 aliphatic carbocycles. The third-order valence-electron chi connectivity index (χ3n) is 8.61. The maximum absolute atomic E-state index is 13.5. The smallest absolute Gasteiger partial charge is 0.355 e. The molecule has 242 valence electrons. The average Bonchev–Trinajstić information content (AvgIpc) is 3.62. The van der Waals surface area contributed by atoms with Gasteiger partial charge in [0.2, 0.25) is 0 Å². The van der Waals surface area contributed by atoms with Crippen molar-refractivity contribution in [3.63, 3.8) is 0 Å². The topological polar surface area (TPSA) is 110 Å².